The van der Waals surface area contributed by atoms with Gasteiger partial charge in [0.1, 0.15) is 0 Å². The second kappa shape index (κ2) is 14.6. The molecule has 0 unspecified atom stereocenters. The molecule has 0 amide bonds. The van der Waals surface area contributed by atoms with E-state index in [4.69, 9.17) is 9.97 Å². The number of rotatable bonds is 6. The number of hydrogen-bond donors (Lipinski definition) is 0. The van der Waals surface area contributed by atoms with Gasteiger partial charge in [0.25, 0.3) is 0 Å². The molecule has 1 heterocycles. The predicted octanol–water partition coefficient (Wildman–Crippen LogP) is 16.2. The van der Waals surface area contributed by atoms with E-state index in [9.17, 15) is 0 Å². The number of fused-ring (bicyclic) bond motifs is 7. The fourth-order valence-electron chi connectivity index (χ4n) is 10.1. The lowest BCUT2D eigenvalue weighted by molar-refractivity contribution is 0.660. The van der Waals surface area contributed by atoms with E-state index in [1.807, 2.05) is 18.2 Å². The normalized spacial score (nSPS) is 12.7. The number of aromatic nitrogens is 2. The van der Waals surface area contributed by atoms with Crippen LogP contribution < -0.4 is 0 Å². The number of hydrogen-bond acceptors (Lipinski definition) is 2. The molecule has 1 aliphatic rings. The van der Waals surface area contributed by atoms with Gasteiger partial charge in [-0.05, 0) is 106 Å². The maximum absolute atomic E-state index is 5.26. The molecular weight excluding hydrogens is 761 g/mol. The fourth-order valence-corrected chi connectivity index (χ4v) is 10.1. The van der Waals surface area contributed by atoms with E-state index in [2.05, 4.69) is 214 Å². The molecule has 12 rings (SSSR count). The highest BCUT2D eigenvalue weighted by Gasteiger charge is 2.35. The summed E-state index contributed by atoms with van der Waals surface area (Å²) >= 11 is 0. The molecule has 0 saturated carbocycles. The van der Waals surface area contributed by atoms with Crippen LogP contribution in [0.5, 0.6) is 0 Å². The minimum atomic E-state index is -0.0882. The Hall–Kier alpha value is -7.94. The second-order valence-electron chi connectivity index (χ2n) is 17.3. The van der Waals surface area contributed by atoms with Crippen LogP contribution in [-0.2, 0) is 5.41 Å². The Morgan fingerprint density at radius 3 is 1.65 bits per heavy atom. The molecular formula is C61H42N2. The van der Waals surface area contributed by atoms with E-state index in [1.54, 1.807) is 0 Å². The lowest BCUT2D eigenvalue weighted by Crippen LogP contribution is -2.14. The van der Waals surface area contributed by atoms with Crippen molar-refractivity contribution in [1.82, 2.24) is 9.97 Å². The standard InChI is InChI=1S/C61H42N2/c1-61(2)55-23-13-12-21-50(55)51-34-33-46(37-56(51)61)48-19-10-11-22-52(48)58-38-57(62-60(63-58)44-15-4-3-5-16-44)42-28-24-39(25-29-42)40-26-30-43(31-27-40)59-49-20-9-7-17-45(49)36-54-47-18-8-6-14-41(47)32-35-53(54)59/h3-38H,1-2H3. The molecule has 0 fully saturated rings. The van der Waals surface area contributed by atoms with Gasteiger partial charge in [0, 0.05) is 22.1 Å². The molecule has 2 nitrogen and oxygen atoms in total. The van der Waals surface area contributed by atoms with Gasteiger partial charge in [0.15, 0.2) is 5.82 Å². The minimum Gasteiger partial charge on any atom is -0.228 e. The zero-order valence-electron chi connectivity index (χ0n) is 35.2. The van der Waals surface area contributed by atoms with Crippen LogP contribution in [-0.4, -0.2) is 9.97 Å². The number of benzene rings is 10. The average molecular weight is 803 g/mol. The second-order valence-corrected chi connectivity index (χ2v) is 17.3. The molecule has 1 aliphatic carbocycles. The largest absolute Gasteiger partial charge is 0.228 e. The Morgan fingerprint density at radius 1 is 0.302 bits per heavy atom. The van der Waals surface area contributed by atoms with Crippen LogP contribution in [0, 0.1) is 0 Å². The highest BCUT2D eigenvalue weighted by Crippen LogP contribution is 2.50. The van der Waals surface area contributed by atoms with Gasteiger partial charge in [0.05, 0.1) is 11.4 Å². The Labute approximate surface area is 367 Å². The molecule has 0 N–H and O–H groups in total. The van der Waals surface area contributed by atoms with Gasteiger partial charge in [-0.15, -0.1) is 0 Å². The fraction of sp³-hybridized carbons (Fsp3) is 0.0492. The van der Waals surface area contributed by atoms with Gasteiger partial charge >= 0.3 is 0 Å². The summed E-state index contributed by atoms with van der Waals surface area (Å²) in [5.41, 5.74) is 17.3. The topological polar surface area (TPSA) is 25.8 Å². The summed E-state index contributed by atoms with van der Waals surface area (Å²) in [6, 6.07) is 79.1. The van der Waals surface area contributed by atoms with Crippen molar-refractivity contribution in [3.63, 3.8) is 0 Å². The summed E-state index contributed by atoms with van der Waals surface area (Å²) in [7, 11) is 0. The average Bonchev–Trinajstić information content (AvgIpc) is 3.58. The van der Waals surface area contributed by atoms with Crippen molar-refractivity contribution in [2.45, 2.75) is 19.3 Å². The van der Waals surface area contributed by atoms with E-state index in [1.165, 1.54) is 76.8 Å². The highest BCUT2D eigenvalue weighted by molar-refractivity contribution is 6.20. The molecule has 0 saturated heterocycles. The summed E-state index contributed by atoms with van der Waals surface area (Å²) in [5, 5.41) is 7.61. The smallest absolute Gasteiger partial charge is 0.160 e. The van der Waals surface area contributed by atoms with Crippen molar-refractivity contribution in [3.05, 3.63) is 230 Å². The van der Waals surface area contributed by atoms with Gasteiger partial charge in [-0.1, -0.05) is 214 Å². The molecule has 0 bridgehead atoms. The third kappa shape index (κ3) is 6.17. The van der Waals surface area contributed by atoms with Crippen LogP contribution >= 0.6 is 0 Å². The van der Waals surface area contributed by atoms with Gasteiger partial charge in [-0.2, -0.15) is 0 Å². The molecule has 63 heavy (non-hydrogen) atoms. The third-order valence-electron chi connectivity index (χ3n) is 13.3. The van der Waals surface area contributed by atoms with Crippen LogP contribution in [0.4, 0.5) is 0 Å². The molecule has 2 heteroatoms. The van der Waals surface area contributed by atoms with Gasteiger partial charge < -0.3 is 0 Å². The molecule has 0 radical (unpaired) electrons. The van der Waals surface area contributed by atoms with Crippen LogP contribution in [0.25, 0.3) is 111 Å². The van der Waals surface area contributed by atoms with Crippen molar-refractivity contribution >= 4 is 32.3 Å². The SMILES string of the molecule is CC1(C)c2ccccc2-c2ccc(-c3ccccc3-c3cc(-c4ccc(-c5ccc(-c6c7ccccc7cc7c6ccc6ccccc67)cc5)cc4)nc(-c4ccccc4)n3)cc21. The van der Waals surface area contributed by atoms with Crippen LogP contribution in [0.1, 0.15) is 25.0 Å². The van der Waals surface area contributed by atoms with E-state index in [-0.39, 0.29) is 5.41 Å². The van der Waals surface area contributed by atoms with Crippen molar-refractivity contribution in [3.8, 4) is 78.4 Å². The van der Waals surface area contributed by atoms with Crippen LogP contribution in [0.3, 0.4) is 0 Å². The Morgan fingerprint density at radius 2 is 0.873 bits per heavy atom. The molecule has 0 spiro atoms. The first-order valence-corrected chi connectivity index (χ1v) is 21.8. The quantitative estimate of drug-likeness (QED) is 0.124. The van der Waals surface area contributed by atoms with Gasteiger partial charge in [-0.3, -0.25) is 0 Å². The van der Waals surface area contributed by atoms with Crippen molar-refractivity contribution in [2.24, 2.45) is 0 Å². The summed E-state index contributed by atoms with van der Waals surface area (Å²) in [4.78, 5) is 10.5. The maximum Gasteiger partial charge on any atom is 0.160 e. The maximum atomic E-state index is 5.26. The van der Waals surface area contributed by atoms with E-state index < -0.39 is 0 Å². The molecule has 0 atom stereocenters. The third-order valence-corrected chi connectivity index (χ3v) is 13.3. The van der Waals surface area contributed by atoms with Crippen molar-refractivity contribution in [2.75, 3.05) is 0 Å². The Kier molecular flexibility index (Phi) is 8.55. The first kappa shape index (κ1) is 36.9. The monoisotopic (exact) mass is 802 g/mol. The lowest BCUT2D eigenvalue weighted by Gasteiger charge is -2.22. The lowest BCUT2D eigenvalue weighted by atomic mass is 9.81. The summed E-state index contributed by atoms with van der Waals surface area (Å²) in [6.07, 6.45) is 0. The molecule has 11 aromatic rings. The summed E-state index contributed by atoms with van der Waals surface area (Å²) in [6.45, 7) is 4.68. The van der Waals surface area contributed by atoms with E-state index in [0.29, 0.717) is 5.82 Å². The molecule has 10 aromatic carbocycles. The zero-order chi connectivity index (χ0) is 42.1. The van der Waals surface area contributed by atoms with Crippen LogP contribution in [0.2, 0.25) is 0 Å². The molecule has 0 aliphatic heterocycles. The molecule has 1 aromatic heterocycles. The number of nitrogens with zero attached hydrogens (tertiary/aromatic N) is 2. The van der Waals surface area contributed by atoms with Crippen molar-refractivity contribution in [1.29, 1.82) is 0 Å². The zero-order valence-corrected chi connectivity index (χ0v) is 35.2. The van der Waals surface area contributed by atoms with Gasteiger partial charge in [0.2, 0.25) is 0 Å². The molecule has 296 valence electrons. The predicted molar refractivity (Wildman–Crippen MR) is 265 cm³/mol. The van der Waals surface area contributed by atoms with E-state index in [0.717, 1.165) is 39.2 Å². The first-order valence-electron chi connectivity index (χ1n) is 21.8. The minimum absolute atomic E-state index is 0.0882. The Balaban J connectivity index is 0.914. The highest BCUT2D eigenvalue weighted by atomic mass is 14.9. The Bertz CT molecular complexity index is 3560. The van der Waals surface area contributed by atoms with Crippen LogP contribution in [0.15, 0.2) is 218 Å². The van der Waals surface area contributed by atoms with E-state index >= 15 is 0 Å². The summed E-state index contributed by atoms with van der Waals surface area (Å²) < 4.78 is 0. The van der Waals surface area contributed by atoms with Crippen molar-refractivity contribution < 1.29 is 0 Å². The summed E-state index contributed by atoms with van der Waals surface area (Å²) in [5.74, 6) is 0.706. The first-order chi connectivity index (χ1) is 31.0. The van der Waals surface area contributed by atoms with Gasteiger partial charge in [-0.25, -0.2) is 9.97 Å².